The standard InChI is InChI=1S/C21H29N3O3/c1-4-5-8-16-13-24(23-22-16)12-15-7-6-11-21(3)19(27-21)18-17(10-9-15)14(2)20(25)26-18/h7,13,17-19H,2,4-6,8-12H2,1,3H3/b15-7+/t17-,18-,19-,21+/m0/s1. The summed E-state index contributed by atoms with van der Waals surface area (Å²) in [4.78, 5) is 12.1. The van der Waals surface area contributed by atoms with Crippen molar-refractivity contribution in [1.82, 2.24) is 15.0 Å². The lowest BCUT2D eigenvalue weighted by Gasteiger charge is -2.20. The van der Waals surface area contributed by atoms with E-state index in [9.17, 15) is 4.79 Å². The summed E-state index contributed by atoms with van der Waals surface area (Å²) < 4.78 is 13.5. The molecule has 0 amide bonds. The van der Waals surface area contributed by atoms with Crippen LogP contribution < -0.4 is 0 Å². The average molecular weight is 371 g/mol. The monoisotopic (exact) mass is 371 g/mol. The number of ether oxygens (including phenoxy) is 2. The number of aryl methyl sites for hydroxylation is 1. The van der Waals surface area contributed by atoms with E-state index in [4.69, 9.17) is 9.47 Å². The zero-order valence-electron chi connectivity index (χ0n) is 16.3. The Labute approximate surface area is 160 Å². The third kappa shape index (κ3) is 3.72. The van der Waals surface area contributed by atoms with Gasteiger partial charge in [0.25, 0.3) is 0 Å². The van der Waals surface area contributed by atoms with Crippen LogP contribution in [0.25, 0.3) is 0 Å². The lowest BCUT2D eigenvalue weighted by Crippen LogP contribution is -2.29. The molecule has 3 aliphatic rings. The fraction of sp³-hybridized carbons (Fsp3) is 0.667. The topological polar surface area (TPSA) is 69.5 Å². The molecule has 2 saturated heterocycles. The first-order valence-corrected chi connectivity index (χ1v) is 10.1. The van der Waals surface area contributed by atoms with E-state index in [1.165, 1.54) is 5.57 Å². The Hall–Kier alpha value is -1.95. The van der Waals surface area contributed by atoms with Crippen LogP contribution in [0.15, 0.2) is 30.0 Å². The minimum absolute atomic E-state index is 0.0112. The number of hydrogen-bond acceptors (Lipinski definition) is 5. The second-order valence-corrected chi connectivity index (χ2v) is 8.30. The quantitative estimate of drug-likeness (QED) is 0.343. The van der Waals surface area contributed by atoms with Crippen molar-refractivity contribution in [3.8, 4) is 0 Å². The molecule has 0 bridgehead atoms. The smallest absolute Gasteiger partial charge is 0.334 e. The molecule has 0 radical (unpaired) electrons. The molecule has 27 heavy (non-hydrogen) atoms. The number of allylic oxidation sites excluding steroid dienone is 2. The third-order valence-electron chi connectivity index (χ3n) is 6.18. The molecule has 0 spiro atoms. The Balaban J connectivity index is 1.47. The maximum absolute atomic E-state index is 12.1. The Morgan fingerprint density at radius 1 is 1.44 bits per heavy atom. The molecule has 1 aromatic rings. The Morgan fingerprint density at radius 2 is 2.30 bits per heavy atom. The van der Waals surface area contributed by atoms with Crippen LogP contribution in [0, 0.1) is 5.92 Å². The van der Waals surface area contributed by atoms with Crippen LogP contribution in [0.3, 0.4) is 0 Å². The number of carbonyl (C=O) groups is 1. The molecule has 0 unspecified atom stereocenters. The molecule has 146 valence electrons. The number of fused-ring (bicyclic) bond motifs is 3. The highest BCUT2D eigenvalue weighted by Crippen LogP contribution is 2.49. The van der Waals surface area contributed by atoms with E-state index in [-0.39, 0.29) is 29.7 Å². The number of carbonyl (C=O) groups excluding carboxylic acids is 1. The van der Waals surface area contributed by atoms with Crippen molar-refractivity contribution in [2.24, 2.45) is 5.92 Å². The molecule has 6 nitrogen and oxygen atoms in total. The highest BCUT2D eigenvalue weighted by atomic mass is 16.6. The number of nitrogens with zero attached hydrogens (tertiary/aromatic N) is 3. The predicted octanol–water partition coefficient (Wildman–Crippen LogP) is 3.38. The summed E-state index contributed by atoms with van der Waals surface area (Å²) in [6, 6.07) is 0. The fourth-order valence-corrected chi connectivity index (χ4v) is 4.36. The second kappa shape index (κ2) is 7.23. The van der Waals surface area contributed by atoms with Crippen LogP contribution in [0.1, 0.15) is 58.1 Å². The normalized spacial score (nSPS) is 35.0. The van der Waals surface area contributed by atoms with Gasteiger partial charge in [0.05, 0.1) is 17.8 Å². The first-order chi connectivity index (χ1) is 13.0. The minimum Gasteiger partial charge on any atom is -0.455 e. The van der Waals surface area contributed by atoms with Crippen molar-refractivity contribution in [2.75, 3.05) is 0 Å². The van der Waals surface area contributed by atoms with Gasteiger partial charge in [0.2, 0.25) is 0 Å². The minimum atomic E-state index is -0.260. The van der Waals surface area contributed by atoms with Gasteiger partial charge < -0.3 is 9.47 Å². The van der Waals surface area contributed by atoms with Gasteiger partial charge in [0, 0.05) is 17.7 Å². The summed E-state index contributed by atoms with van der Waals surface area (Å²) in [7, 11) is 0. The van der Waals surface area contributed by atoms with Gasteiger partial charge in [-0.15, -0.1) is 5.10 Å². The van der Waals surface area contributed by atoms with Crippen molar-refractivity contribution < 1.29 is 14.3 Å². The summed E-state index contributed by atoms with van der Waals surface area (Å²) >= 11 is 0. The molecule has 4 atom stereocenters. The van der Waals surface area contributed by atoms with Gasteiger partial charge in [-0.05, 0) is 45.4 Å². The molecule has 2 aliphatic heterocycles. The fourth-order valence-electron chi connectivity index (χ4n) is 4.36. The van der Waals surface area contributed by atoms with Gasteiger partial charge in [0.1, 0.15) is 12.2 Å². The van der Waals surface area contributed by atoms with Crippen LogP contribution in [0.2, 0.25) is 0 Å². The number of unbranched alkanes of at least 4 members (excludes halogenated alkanes) is 1. The summed E-state index contributed by atoms with van der Waals surface area (Å²) in [5.41, 5.74) is 2.80. The van der Waals surface area contributed by atoms with Gasteiger partial charge in [-0.1, -0.05) is 36.8 Å². The van der Waals surface area contributed by atoms with E-state index in [0.29, 0.717) is 5.57 Å². The van der Waals surface area contributed by atoms with Gasteiger partial charge in [-0.3, -0.25) is 0 Å². The van der Waals surface area contributed by atoms with Crippen LogP contribution in [-0.4, -0.2) is 38.8 Å². The zero-order valence-corrected chi connectivity index (χ0v) is 16.3. The van der Waals surface area contributed by atoms with E-state index in [1.54, 1.807) is 0 Å². The maximum Gasteiger partial charge on any atom is 0.334 e. The molecule has 1 aliphatic carbocycles. The zero-order chi connectivity index (χ0) is 19.0. The average Bonchev–Trinajstić information content (AvgIpc) is 2.96. The predicted molar refractivity (Wildman–Crippen MR) is 101 cm³/mol. The molecule has 0 aromatic carbocycles. The number of rotatable bonds is 5. The van der Waals surface area contributed by atoms with Crippen molar-refractivity contribution >= 4 is 5.97 Å². The van der Waals surface area contributed by atoms with Crippen LogP contribution in [0.4, 0.5) is 0 Å². The summed E-state index contributed by atoms with van der Waals surface area (Å²) in [5.74, 6) is -0.217. The molecule has 4 rings (SSSR count). The van der Waals surface area contributed by atoms with Gasteiger partial charge in [-0.25, -0.2) is 9.48 Å². The molecule has 3 heterocycles. The second-order valence-electron chi connectivity index (χ2n) is 8.30. The van der Waals surface area contributed by atoms with E-state index in [2.05, 4.69) is 43.0 Å². The molecule has 0 saturated carbocycles. The van der Waals surface area contributed by atoms with Gasteiger partial charge >= 0.3 is 5.97 Å². The molecule has 0 N–H and O–H groups in total. The molecular weight excluding hydrogens is 342 g/mol. The molecule has 1 aromatic heterocycles. The van der Waals surface area contributed by atoms with Gasteiger partial charge in [-0.2, -0.15) is 0 Å². The van der Waals surface area contributed by atoms with E-state index in [1.807, 2.05) is 4.68 Å². The number of hydrogen-bond donors (Lipinski definition) is 0. The van der Waals surface area contributed by atoms with E-state index in [0.717, 1.165) is 57.2 Å². The Kier molecular flexibility index (Phi) is 4.93. The lowest BCUT2D eigenvalue weighted by molar-refractivity contribution is -0.140. The van der Waals surface area contributed by atoms with Crippen molar-refractivity contribution in [1.29, 1.82) is 0 Å². The van der Waals surface area contributed by atoms with Crippen LogP contribution in [-0.2, 0) is 27.2 Å². The largest absolute Gasteiger partial charge is 0.455 e. The van der Waals surface area contributed by atoms with Crippen LogP contribution in [0.5, 0.6) is 0 Å². The molecule has 6 heteroatoms. The third-order valence-corrected chi connectivity index (χ3v) is 6.18. The lowest BCUT2D eigenvalue weighted by atomic mass is 9.84. The van der Waals surface area contributed by atoms with Crippen molar-refractivity contribution in [2.45, 2.75) is 83.1 Å². The van der Waals surface area contributed by atoms with Gasteiger partial charge in [0.15, 0.2) is 0 Å². The number of aromatic nitrogens is 3. The molecular formula is C21H29N3O3. The Morgan fingerprint density at radius 3 is 3.11 bits per heavy atom. The Bertz CT molecular complexity index is 768. The SMILES string of the molecule is C=C1C(=O)O[C@H]2[C@H]1CC/C(Cn1cc(CCCC)nn1)=C\CC[C@@]1(C)O[C@@H]21. The highest BCUT2D eigenvalue weighted by Gasteiger charge is 2.61. The molecule has 2 fully saturated rings. The first kappa shape index (κ1) is 18.4. The number of esters is 1. The van der Waals surface area contributed by atoms with E-state index >= 15 is 0 Å². The maximum atomic E-state index is 12.1. The number of epoxide rings is 1. The van der Waals surface area contributed by atoms with Crippen molar-refractivity contribution in [3.05, 3.63) is 35.7 Å². The first-order valence-electron chi connectivity index (χ1n) is 10.1. The summed E-state index contributed by atoms with van der Waals surface area (Å²) in [5, 5.41) is 8.58. The van der Waals surface area contributed by atoms with E-state index < -0.39 is 0 Å². The summed E-state index contributed by atoms with van der Waals surface area (Å²) in [6.07, 6.45) is 11.2. The summed E-state index contributed by atoms with van der Waals surface area (Å²) in [6.45, 7) is 9.04. The highest BCUT2D eigenvalue weighted by molar-refractivity contribution is 5.91. The van der Waals surface area contributed by atoms with Crippen molar-refractivity contribution in [3.63, 3.8) is 0 Å². The van der Waals surface area contributed by atoms with Crippen LogP contribution >= 0.6 is 0 Å².